The Kier molecular flexibility index (Phi) is 5.83. The fourth-order valence-corrected chi connectivity index (χ4v) is 3.91. The van der Waals surface area contributed by atoms with E-state index in [0.717, 1.165) is 12.3 Å². The Balaban J connectivity index is 1.87. The maximum absolute atomic E-state index is 13.4. The van der Waals surface area contributed by atoms with Gasteiger partial charge in [0.2, 0.25) is 6.43 Å². The molecule has 0 bridgehead atoms. The summed E-state index contributed by atoms with van der Waals surface area (Å²) < 4.78 is 70.7. The molecule has 3 heterocycles. The average Bonchev–Trinajstić information content (AvgIpc) is 3.07. The highest BCUT2D eigenvalue weighted by Gasteiger charge is 2.47. The van der Waals surface area contributed by atoms with E-state index in [1.54, 1.807) is 42.6 Å². The lowest BCUT2D eigenvalue weighted by atomic mass is 9.78. The number of halogens is 5. The van der Waals surface area contributed by atoms with Crippen LogP contribution in [0.5, 0.6) is 5.75 Å². The number of fused-ring (bicyclic) bond motifs is 1. The van der Waals surface area contributed by atoms with Crippen molar-refractivity contribution in [1.82, 2.24) is 15.3 Å². The Hall–Kier alpha value is -3.11. The number of hydrogen-bond acceptors (Lipinski definition) is 5. The van der Waals surface area contributed by atoms with Crippen molar-refractivity contribution in [2.45, 2.75) is 30.7 Å². The monoisotopic (exact) mass is 450 g/mol. The Morgan fingerprint density at radius 3 is 2.56 bits per heavy atom. The summed E-state index contributed by atoms with van der Waals surface area (Å²) in [5.41, 5.74) is 5.76. The van der Waals surface area contributed by atoms with E-state index < -0.39 is 36.4 Å². The van der Waals surface area contributed by atoms with Crippen LogP contribution in [0.2, 0.25) is 0 Å². The number of nitrogens with one attached hydrogen (secondary N) is 1. The van der Waals surface area contributed by atoms with E-state index in [1.807, 2.05) is 0 Å². The molecule has 0 aliphatic carbocycles. The minimum absolute atomic E-state index is 0.202. The minimum Gasteiger partial charge on any atom is -0.493 e. The Labute approximate surface area is 180 Å². The second-order valence-corrected chi connectivity index (χ2v) is 7.29. The summed E-state index contributed by atoms with van der Waals surface area (Å²) in [6.07, 6.45) is -5.70. The zero-order valence-corrected chi connectivity index (χ0v) is 16.6. The van der Waals surface area contributed by atoms with E-state index in [2.05, 4.69) is 15.3 Å². The molecule has 0 amide bonds. The highest BCUT2D eigenvalue weighted by Crippen LogP contribution is 2.46. The molecule has 0 fully saturated rings. The second-order valence-electron chi connectivity index (χ2n) is 7.29. The zero-order valence-electron chi connectivity index (χ0n) is 16.6. The number of hydrogen-bond donors (Lipinski definition) is 2. The molecule has 1 aliphatic heterocycles. The van der Waals surface area contributed by atoms with Crippen molar-refractivity contribution in [2.75, 3.05) is 6.61 Å². The van der Waals surface area contributed by atoms with Gasteiger partial charge in [-0.05, 0) is 41.5 Å². The normalized spacial score (nSPS) is 20.4. The van der Waals surface area contributed by atoms with Crippen molar-refractivity contribution in [3.05, 3.63) is 89.0 Å². The average molecular weight is 450 g/mol. The summed E-state index contributed by atoms with van der Waals surface area (Å²) in [5.74, 6) is 0.306. The molecule has 2 atom stereocenters. The molecule has 0 radical (unpaired) electrons. The third kappa shape index (κ3) is 4.03. The molecule has 1 aromatic carbocycles. The predicted molar refractivity (Wildman–Crippen MR) is 106 cm³/mol. The predicted octanol–water partition coefficient (Wildman–Crippen LogP) is 4.38. The van der Waals surface area contributed by atoms with Gasteiger partial charge in [0, 0.05) is 24.4 Å². The molecule has 4 rings (SSSR count). The Morgan fingerprint density at radius 1 is 1.03 bits per heavy atom. The van der Waals surface area contributed by atoms with Gasteiger partial charge in [0.05, 0.1) is 17.8 Å². The molecule has 10 heteroatoms. The van der Waals surface area contributed by atoms with Crippen LogP contribution in [0.15, 0.2) is 60.9 Å². The fraction of sp³-hybridized carbons (Fsp3) is 0.273. The molecule has 0 saturated heterocycles. The van der Waals surface area contributed by atoms with E-state index >= 15 is 0 Å². The van der Waals surface area contributed by atoms with Gasteiger partial charge in [-0.1, -0.05) is 18.2 Å². The molecule has 2 aromatic heterocycles. The molecule has 32 heavy (non-hydrogen) atoms. The van der Waals surface area contributed by atoms with Crippen LogP contribution in [-0.2, 0) is 11.7 Å². The van der Waals surface area contributed by atoms with Gasteiger partial charge in [0.25, 0.3) is 0 Å². The van der Waals surface area contributed by atoms with Gasteiger partial charge in [-0.25, -0.2) is 8.78 Å². The van der Waals surface area contributed by atoms with Gasteiger partial charge >= 0.3 is 6.18 Å². The summed E-state index contributed by atoms with van der Waals surface area (Å²) in [6.45, 7) is -0.202. The van der Waals surface area contributed by atoms with Crippen LogP contribution in [0.3, 0.4) is 0 Å². The summed E-state index contributed by atoms with van der Waals surface area (Å²) in [6, 6.07) is 12.4. The lowest BCUT2D eigenvalue weighted by molar-refractivity contribution is -0.141. The fourth-order valence-electron chi connectivity index (χ4n) is 3.91. The molecule has 5 nitrogen and oxygen atoms in total. The number of aromatic nitrogens is 2. The summed E-state index contributed by atoms with van der Waals surface area (Å²) in [5, 5.41) is 3.19. The molecular weight excluding hydrogens is 431 g/mol. The first-order valence-electron chi connectivity index (χ1n) is 9.75. The van der Waals surface area contributed by atoms with Crippen molar-refractivity contribution in [3.63, 3.8) is 0 Å². The number of nitrogens with two attached hydrogens (primary N) is 1. The number of ether oxygens (including phenoxy) is 1. The SMILES string of the molecule is NC1NC(c2cccc(OCCC(F)F)c2)(c2ccnc(C(F)(F)F)c2)c2cccnc21. The minimum atomic E-state index is -4.64. The van der Waals surface area contributed by atoms with Gasteiger partial charge in [-0.3, -0.25) is 15.3 Å². The lowest BCUT2D eigenvalue weighted by Gasteiger charge is -2.33. The first kappa shape index (κ1) is 22.1. The Bertz CT molecular complexity index is 1110. The van der Waals surface area contributed by atoms with E-state index in [9.17, 15) is 22.0 Å². The van der Waals surface area contributed by atoms with Crippen molar-refractivity contribution in [3.8, 4) is 5.75 Å². The van der Waals surface area contributed by atoms with Crippen LogP contribution >= 0.6 is 0 Å². The first-order valence-corrected chi connectivity index (χ1v) is 9.75. The highest BCUT2D eigenvalue weighted by atomic mass is 19.4. The maximum Gasteiger partial charge on any atom is 0.433 e. The maximum atomic E-state index is 13.4. The van der Waals surface area contributed by atoms with Crippen LogP contribution in [0.4, 0.5) is 22.0 Å². The number of rotatable bonds is 6. The molecule has 168 valence electrons. The van der Waals surface area contributed by atoms with Gasteiger partial charge in [0.15, 0.2) is 0 Å². The van der Waals surface area contributed by atoms with Crippen molar-refractivity contribution in [1.29, 1.82) is 0 Å². The van der Waals surface area contributed by atoms with Crippen molar-refractivity contribution in [2.24, 2.45) is 5.73 Å². The van der Waals surface area contributed by atoms with Crippen LogP contribution < -0.4 is 15.8 Å². The largest absolute Gasteiger partial charge is 0.493 e. The Morgan fingerprint density at radius 2 is 1.81 bits per heavy atom. The zero-order chi connectivity index (χ0) is 22.9. The molecule has 0 saturated carbocycles. The number of nitrogens with zero attached hydrogens (tertiary/aromatic N) is 2. The van der Waals surface area contributed by atoms with Crippen LogP contribution in [0.25, 0.3) is 0 Å². The van der Waals surface area contributed by atoms with Crippen LogP contribution in [-0.4, -0.2) is 23.0 Å². The molecule has 0 spiro atoms. The smallest absolute Gasteiger partial charge is 0.433 e. The standard InChI is InChI=1S/C22H19F5N4O/c23-18(24)7-10-32-15-4-1-3-13(11-15)21(14-6-9-29-17(12-14)22(25,26)27)16-5-2-8-30-19(16)20(28)31-21/h1-6,8-9,11-12,18,20,31H,7,10,28H2. The van der Waals surface area contributed by atoms with Crippen molar-refractivity contribution < 1.29 is 26.7 Å². The number of benzene rings is 1. The van der Waals surface area contributed by atoms with Gasteiger partial charge in [0.1, 0.15) is 17.6 Å². The highest BCUT2D eigenvalue weighted by molar-refractivity contribution is 5.56. The molecule has 1 aliphatic rings. The van der Waals surface area contributed by atoms with Gasteiger partial charge in [-0.2, -0.15) is 13.2 Å². The quantitative estimate of drug-likeness (QED) is 0.546. The van der Waals surface area contributed by atoms with E-state index in [0.29, 0.717) is 22.6 Å². The topological polar surface area (TPSA) is 73.1 Å². The van der Waals surface area contributed by atoms with E-state index in [4.69, 9.17) is 10.5 Å². The van der Waals surface area contributed by atoms with Crippen molar-refractivity contribution >= 4 is 0 Å². The summed E-state index contributed by atoms with van der Waals surface area (Å²) >= 11 is 0. The number of alkyl halides is 5. The van der Waals surface area contributed by atoms with E-state index in [1.165, 1.54) is 6.07 Å². The molecular formula is C22H19F5N4O. The lowest BCUT2D eigenvalue weighted by Crippen LogP contribution is -2.42. The van der Waals surface area contributed by atoms with Gasteiger partial charge in [-0.15, -0.1) is 0 Å². The number of pyridine rings is 2. The third-order valence-electron chi connectivity index (χ3n) is 5.26. The van der Waals surface area contributed by atoms with Crippen LogP contribution in [0, 0.1) is 0 Å². The summed E-state index contributed by atoms with van der Waals surface area (Å²) in [4.78, 5) is 7.77. The second kappa shape index (κ2) is 8.44. The van der Waals surface area contributed by atoms with Gasteiger partial charge < -0.3 is 10.5 Å². The third-order valence-corrected chi connectivity index (χ3v) is 5.26. The molecule has 3 aromatic rings. The van der Waals surface area contributed by atoms with E-state index in [-0.39, 0.29) is 12.2 Å². The summed E-state index contributed by atoms with van der Waals surface area (Å²) in [7, 11) is 0. The first-order chi connectivity index (χ1) is 15.2. The molecule has 3 N–H and O–H groups in total. The van der Waals surface area contributed by atoms with Crippen LogP contribution in [0.1, 0.15) is 40.7 Å². The molecule has 2 unspecified atom stereocenters.